The lowest BCUT2D eigenvalue weighted by Crippen LogP contribution is -2.04. The van der Waals surface area contributed by atoms with Gasteiger partial charge in [0.15, 0.2) is 0 Å². The van der Waals surface area contributed by atoms with E-state index in [4.69, 9.17) is 0 Å². The van der Waals surface area contributed by atoms with Crippen molar-refractivity contribution < 1.29 is 15.0 Å². The Hall–Kier alpha value is -2.81. The molecule has 0 unspecified atom stereocenters. The third-order valence-corrected chi connectivity index (χ3v) is 5.04. The summed E-state index contributed by atoms with van der Waals surface area (Å²) < 4.78 is 0. The Morgan fingerprint density at radius 1 is 0.808 bits per heavy atom. The van der Waals surface area contributed by atoms with Crippen molar-refractivity contribution in [3.8, 4) is 16.9 Å². The summed E-state index contributed by atoms with van der Waals surface area (Å²) in [5.41, 5.74) is 5.86. The van der Waals surface area contributed by atoms with Crippen molar-refractivity contribution in [3.63, 3.8) is 0 Å². The van der Waals surface area contributed by atoms with E-state index < -0.39 is 5.97 Å². The molecule has 0 aromatic heterocycles. The van der Waals surface area contributed by atoms with Crippen LogP contribution in [0, 0.1) is 27.7 Å². The molecule has 3 aromatic rings. The maximum absolute atomic E-state index is 11.8. The summed E-state index contributed by atoms with van der Waals surface area (Å²) in [6, 6.07) is 10.9. The molecule has 3 rings (SSSR count). The fourth-order valence-electron chi connectivity index (χ4n) is 3.43. The van der Waals surface area contributed by atoms with E-state index >= 15 is 0 Å². The Morgan fingerprint density at radius 3 is 1.81 bits per heavy atom. The Kier molecular flexibility index (Phi) is 5.71. The molecule has 3 aromatic carbocycles. The van der Waals surface area contributed by atoms with E-state index in [0.29, 0.717) is 5.56 Å². The quantitative estimate of drug-likeness (QED) is 0.581. The molecule has 136 valence electrons. The van der Waals surface area contributed by atoms with Crippen LogP contribution in [0.5, 0.6) is 5.75 Å². The van der Waals surface area contributed by atoms with E-state index in [1.807, 2.05) is 71.9 Å². The zero-order valence-electron chi connectivity index (χ0n) is 16.3. The Bertz CT molecular complexity index is 970. The van der Waals surface area contributed by atoms with Gasteiger partial charge in [-0.1, -0.05) is 44.2 Å². The van der Waals surface area contributed by atoms with Gasteiger partial charge in [0, 0.05) is 10.9 Å². The summed E-state index contributed by atoms with van der Waals surface area (Å²) in [6.45, 7) is 12.0. The third kappa shape index (κ3) is 3.05. The number of aromatic carboxylic acids is 1. The van der Waals surface area contributed by atoms with Crippen molar-refractivity contribution in [1.82, 2.24) is 0 Å². The fourth-order valence-corrected chi connectivity index (χ4v) is 3.43. The first-order valence-corrected chi connectivity index (χ1v) is 8.89. The first kappa shape index (κ1) is 19.5. The van der Waals surface area contributed by atoms with Crippen LogP contribution >= 0.6 is 0 Å². The number of carboxylic acids is 1. The number of phenolic OH excluding ortho intramolecular Hbond substituents is 1. The SMILES string of the molecule is CC.Cc1c(C)c(C)c2c(-c3ccccc3)c(C(=O)O)cc(O)c2c1C. The first-order valence-electron chi connectivity index (χ1n) is 8.89. The largest absolute Gasteiger partial charge is 0.507 e. The summed E-state index contributed by atoms with van der Waals surface area (Å²) >= 11 is 0. The van der Waals surface area contributed by atoms with E-state index in [0.717, 1.165) is 38.6 Å². The lowest BCUT2D eigenvalue weighted by Gasteiger charge is -2.20. The Labute approximate surface area is 154 Å². The van der Waals surface area contributed by atoms with Gasteiger partial charge in [-0.3, -0.25) is 0 Å². The van der Waals surface area contributed by atoms with Gasteiger partial charge in [0.2, 0.25) is 0 Å². The molecule has 0 aliphatic heterocycles. The number of aromatic hydroxyl groups is 1. The molecule has 0 saturated carbocycles. The van der Waals surface area contributed by atoms with E-state index in [2.05, 4.69) is 0 Å². The van der Waals surface area contributed by atoms with Crippen molar-refractivity contribution in [2.45, 2.75) is 41.5 Å². The van der Waals surface area contributed by atoms with Crippen LogP contribution in [-0.4, -0.2) is 16.2 Å². The molecule has 0 atom stereocenters. The second-order valence-corrected chi connectivity index (χ2v) is 6.24. The average Bonchev–Trinajstić information content (AvgIpc) is 2.66. The van der Waals surface area contributed by atoms with Gasteiger partial charge in [-0.25, -0.2) is 4.79 Å². The lowest BCUT2D eigenvalue weighted by molar-refractivity contribution is 0.0697. The normalized spacial score (nSPS) is 10.4. The van der Waals surface area contributed by atoms with Crippen LogP contribution in [-0.2, 0) is 0 Å². The van der Waals surface area contributed by atoms with Crippen LogP contribution in [0.25, 0.3) is 21.9 Å². The van der Waals surface area contributed by atoms with E-state index in [-0.39, 0.29) is 11.3 Å². The van der Waals surface area contributed by atoms with Gasteiger partial charge < -0.3 is 10.2 Å². The number of fused-ring (bicyclic) bond motifs is 1. The number of aryl methyl sites for hydroxylation is 2. The van der Waals surface area contributed by atoms with Crippen molar-refractivity contribution >= 4 is 16.7 Å². The maximum atomic E-state index is 11.8. The summed E-state index contributed by atoms with van der Waals surface area (Å²) in [5, 5.41) is 21.8. The summed E-state index contributed by atoms with van der Waals surface area (Å²) in [6.07, 6.45) is 0. The molecule has 0 spiro atoms. The van der Waals surface area contributed by atoms with Crippen LogP contribution < -0.4 is 0 Å². The average molecular weight is 350 g/mol. The Morgan fingerprint density at radius 2 is 1.31 bits per heavy atom. The van der Waals surface area contributed by atoms with Crippen molar-refractivity contribution in [3.05, 3.63) is 64.2 Å². The van der Waals surface area contributed by atoms with E-state index in [9.17, 15) is 15.0 Å². The van der Waals surface area contributed by atoms with Crippen LogP contribution in [0.3, 0.4) is 0 Å². The topological polar surface area (TPSA) is 57.5 Å². The van der Waals surface area contributed by atoms with Gasteiger partial charge in [0.25, 0.3) is 0 Å². The van der Waals surface area contributed by atoms with Crippen LogP contribution in [0.1, 0.15) is 46.5 Å². The molecule has 0 bridgehead atoms. The van der Waals surface area contributed by atoms with Crippen molar-refractivity contribution in [1.29, 1.82) is 0 Å². The number of carbonyl (C=O) groups is 1. The fraction of sp³-hybridized carbons (Fsp3) is 0.261. The van der Waals surface area contributed by atoms with Gasteiger partial charge in [0.05, 0.1) is 5.56 Å². The summed E-state index contributed by atoms with van der Waals surface area (Å²) in [5.74, 6) is -1.02. The maximum Gasteiger partial charge on any atom is 0.336 e. The highest BCUT2D eigenvalue weighted by molar-refractivity contribution is 6.12. The third-order valence-electron chi connectivity index (χ3n) is 5.04. The monoisotopic (exact) mass is 350 g/mol. The van der Waals surface area contributed by atoms with Gasteiger partial charge >= 0.3 is 5.97 Å². The van der Waals surface area contributed by atoms with Gasteiger partial charge in [0.1, 0.15) is 5.75 Å². The number of rotatable bonds is 2. The zero-order valence-corrected chi connectivity index (χ0v) is 16.3. The molecular formula is C23H26O3. The number of carboxylic acid groups (broad SMARTS) is 1. The van der Waals surface area contributed by atoms with Gasteiger partial charge in [-0.05, 0) is 67.0 Å². The molecule has 0 heterocycles. The summed E-state index contributed by atoms with van der Waals surface area (Å²) in [7, 11) is 0. The molecule has 2 N–H and O–H groups in total. The predicted molar refractivity (Wildman–Crippen MR) is 108 cm³/mol. The van der Waals surface area contributed by atoms with E-state index in [1.165, 1.54) is 6.07 Å². The van der Waals surface area contributed by atoms with Gasteiger partial charge in [-0.2, -0.15) is 0 Å². The minimum absolute atomic E-state index is 0.0192. The van der Waals surface area contributed by atoms with Crippen molar-refractivity contribution in [2.75, 3.05) is 0 Å². The smallest absolute Gasteiger partial charge is 0.336 e. The minimum Gasteiger partial charge on any atom is -0.507 e. The Balaban J connectivity index is 0.00000117. The highest BCUT2D eigenvalue weighted by atomic mass is 16.4. The molecule has 0 amide bonds. The van der Waals surface area contributed by atoms with Gasteiger partial charge in [-0.15, -0.1) is 0 Å². The van der Waals surface area contributed by atoms with E-state index in [1.54, 1.807) is 0 Å². The molecular weight excluding hydrogens is 324 g/mol. The second kappa shape index (κ2) is 7.61. The number of benzene rings is 3. The van der Waals surface area contributed by atoms with Crippen LogP contribution in [0.4, 0.5) is 0 Å². The number of phenols is 1. The minimum atomic E-state index is -1.04. The molecule has 0 aliphatic carbocycles. The first-order chi connectivity index (χ1) is 12.3. The van der Waals surface area contributed by atoms with Crippen LogP contribution in [0.2, 0.25) is 0 Å². The molecule has 3 nitrogen and oxygen atoms in total. The number of hydrogen-bond acceptors (Lipinski definition) is 2. The summed E-state index contributed by atoms with van der Waals surface area (Å²) in [4.78, 5) is 11.8. The zero-order chi connectivity index (χ0) is 19.6. The van der Waals surface area contributed by atoms with Crippen molar-refractivity contribution in [2.24, 2.45) is 0 Å². The molecule has 3 heteroatoms. The molecule has 26 heavy (non-hydrogen) atoms. The standard InChI is InChI=1S/C21H20O3.C2H6/c1-11-12(2)14(4)19-18(13(11)3)17(22)10-16(21(23)24)20(19)15-8-6-5-7-9-15;1-2/h5-10,22H,1-4H3,(H,23,24);1-2H3. The molecule has 0 fully saturated rings. The second-order valence-electron chi connectivity index (χ2n) is 6.24. The molecule has 0 radical (unpaired) electrons. The van der Waals surface area contributed by atoms with Crippen LogP contribution in [0.15, 0.2) is 36.4 Å². The highest BCUT2D eigenvalue weighted by Crippen LogP contribution is 2.42. The highest BCUT2D eigenvalue weighted by Gasteiger charge is 2.22. The molecule has 0 saturated heterocycles. The predicted octanol–water partition coefficient (Wildman–Crippen LogP) is 6.17. The lowest BCUT2D eigenvalue weighted by atomic mass is 9.84. The molecule has 0 aliphatic rings. The number of hydrogen-bond donors (Lipinski definition) is 2.